The summed E-state index contributed by atoms with van der Waals surface area (Å²) < 4.78 is 27.8. The van der Waals surface area contributed by atoms with Gasteiger partial charge < -0.3 is 16.0 Å². The van der Waals surface area contributed by atoms with Gasteiger partial charge in [-0.25, -0.2) is 22.7 Å². The normalized spacial score (nSPS) is 12.6. The molecule has 0 saturated heterocycles. The van der Waals surface area contributed by atoms with Crippen molar-refractivity contribution in [2.45, 2.75) is 23.9 Å². The molecule has 0 aliphatic heterocycles. The van der Waals surface area contributed by atoms with Crippen LogP contribution in [0.3, 0.4) is 0 Å². The minimum Gasteiger partial charge on any atom is -0.329 e. The lowest BCUT2D eigenvalue weighted by molar-refractivity contribution is 0.232. The Morgan fingerprint density at radius 3 is 1.77 bits per heavy atom. The summed E-state index contributed by atoms with van der Waals surface area (Å²) in [5, 5.41) is 8.88. The van der Waals surface area contributed by atoms with Gasteiger partial charge in [0.15, 0.2) is 0 Å². The number of carbonyl (C=O) groups is 2. The summed E-state index contributed by atoms with van der Waals surface area (Å²) in [5.74, 6) is 0. The van der Waals surface area contributed by atoms with Crippen molar-refractivity contribution in [1.82, 2.24) is 15.4 Å². The lowest BCUT2D eigenvalue weighted by atomic mass is 9.93. The number of anilines is 1. The zero-order chi connectivity index (χ0) is 27.8. The Hall–Kier alpha value is -4.34. The third kappa shape index (κ3) is 7.59. The van der Waals surface area contributed by atoms with Crippen LogP contribution in [0.1, 0.15) is 28.8 Å². The zero-order valence-electron chi connectivity index (χ0n) is 21.0. The van der Waals surface area contributed by atoms with Gasteiger partial charge in [0.2, 0.25) is 0 Å². The largest absolute Gasteiger partial charge is 0.329 e. The van der Waals surface area contributed by atoms with Crippen LogP contribution >= 0.6 is 11.6 Å². The Balaban J connectivity index is 1.63. The van der Waals surface area contributed by atoms with E-state index in [1.54, 1.807) is 60.7 Å². The van der Waals surface area contributed by atoms with E-state index in [1.165, 1.54) is 12.1 Å². The molecule has 2 atom stereocenters. The van der Waals surface area contributed by atoms with Crippen LogP contribution in [0.5, 0.6) is 0 Å². The fraction of sp³-hybridized carbons (Fsp3) is 0.103. The van der Waals surface area contributed by atoms with Gasteiger partial charge in [0.05, 0.1) is 17.0 Å². The predicted octanol–water partition coefficient (Wildman–Crippen LogP) is 5.94. The minimum absolute atomic E-state index is 0.0434. The molecule has 8 nitrogen and oxygen atoms in total. The quantitative estimate of drug-likeness (QED) is 0.213. The first-order valence-electron chi connectivity index (χ1n) is 12.0. The Bertz CT molecular complexity index is 1530. The lowest BCUT2D eigenvalue weighted by Crippen LogP contribution is -2.46. The number of hydrogen-bond donors (Lipinski definition) is 4. The summed E-state index contributed by atoms with van der Waals surface area (Å²) in [5.41, 5.74) is 2.71. The molecule has 0 aliphatic rings. The van der Waals surface area contributed by atoms with Gasteiger partial charge in [0, 0.05) is 10.7 Å². The number of amides is 4. The molecular formula is C29H27ClN4O4S. The maximum atomic E-state index is 13.1. The van der Waals surface area contributed by atoms with E-state index in [9.17, 15) is 18.0 Å². The number of benzene rings is 4. The molecule has 4 aromatic rings. The number of hydrogen-bond acceptors (Lipinski definition) is 4. The van der Waals surface area contributed by atoms with Gasteiger partial charge in [-0.15, -0.1) is 0 Å². The highest BCUT2D eigenvalue weighted by molar-refractivity contribution is 7.90. The molecular weight excluding hydrogens is 536 g/mol. The maximum Gasteiger partial charge on any atom is 0.329 e. The molecule has 0 radical (unpaired) electrons. The van der Waals surface area contributed by atoms with E-state index in [-0.39, 0.29) is 4.90 Å². The Labute approximate surface area is 232 Å². The van der Waals surface area contributed by atoms with Crippen molar-refractivity contribution in [2.24, 2.45) is 0 Å². The average Bonchev–Trinajstić information content (AvgIpc) is 2.91. The summed E-state index contributed by atoms with van der Waals surface area (Å²) in [4.78, 5) is 26.1. The van der Waals surface area contributed by atoms with Gasteiger partial charge in [0.1, 0.15) is 0 Å². The molecule has 39 heavy (non-hydrogen) atoms. The zero-order valence-corrected chi connectivity index (χ0v) is 22.5. The van der Waals surface area contributed by atoms with E-state index in [0.29, 0.717) is 21.8 Å². The van der Waals surface area contributed by atoms with Gasteiger partial charge >= 0.3 is 12.1 Å². The van der Waals surface area contributed by atoms with Gasteiger partial charge in [-0.05, 0) is 48.4 Å². The highest BCUT2D eigenvalue weighted by atomic mass is 35.5. The predicted molar refractivity (Wildman–Crippen MR) is 152 cm³/mol. The second-order valence-corrected chi connectivity index (χ2v) is 10.9. The molecule has 4 amide bonds. The fourth-order valence-corrected chi connectivity index (χ4v) is 5.09. The first kappa shape index (κ1) is 27.7. The van der Waals surface area contributed by atoms with Gasteiger partial charge in [-0.3, -0.25) is 0 Å². The van der Waals surface area contributed by atoms with Crippen molar-refractivity contribution in [3.8, 4) is 0 Å². The number of sulfonamides is 1. The number of nitrogens with one attached hydrogen (secondary N) is 4. The van der Waals surface area contributed by atoms with Crippen molar-refractivity contribution in [3.63, 3.8) is 0 Å². The van der Waals surface area contributed by atoms with Crippen molar-refractivity contribution < 1.29 is 18.0 Å². The van der Waals surface area contributed by atoms with E-state index >= 15 is 0 Å². The van der Waals surface area contributed by atoms with E-state index in [1.807, 2.05) is 43.3 Å². The first-order chi connectivity index (χ1) is 18.7. The van der Waals surface area contributed by atoms with E-state index in [0.717, 1.165) is 5.56 Å². The van der Waals surface area contributed by atoms with Crippen LogP contribution in [-0.4, -0.2) is 20.5 Å². The molecule has 200 valence electrons. The molecule has 4 N–H and O–H groups in total. The summed E-state index contributed by atoms with van der Waals surface area (Å²) >= 11 is 6.05. The van der Waals surface area contributed by atoms with Gasteiger partial charge in [0.25, 0.3) is 10.0 Å². The molecule has 0 aromatic heterocycles. The molecule has 0 unspecified atom stereocenters. The van der Waals surface area contributed by atoms with Crippen LogP contribution in [0.2, 0.25) is 5.02 Å². The van der Waals surface area contributed by atoms with Gasteiger partial charge in [-0.1, -0.05) is 96.0 Å². The minimum atomic E-state index is -4.14. The van der Waals surface area contributed by atoms with Crippen LogP contribution in [0.25, 0.3) is 0 Å². The Morgan fingerprint density at radius 1 is 0.692 bits per heavy atom. The molecule has 0 saturated carbocycles. The molecule has 4 aromatic carbocycles. The first-order valence-corrected chi connectivity index (χ1v) is 13.9. The highest BCUT2D eigenvalue weighted by Crippen LogP contribution is 2.29. The van der Waals surface area contributed by atoms with Crippen LogP contribution in [0, 0.1) is 6.92 Å². The Morgan fingerprint density at radius 2 is 1.23 bits per heavy atom. The van der Waals surface area contributed by atoms with E-state index < -0.39 is 34.2 Å². The summed E-state index contributed by atoms with van der Waals surface area (Å²) in [6, 6.07) is 27.8. The third-order valence-corrected chi connectivity index (χ3v) is 7.45. The molecule has 0 fully saturated rings. The number of urea groups is 2. The third-order valence-electron chi connectivity index (χ3n) is 5.86. The van der Waals surface area contributed by atoms with Crippen LogP contribution in [-0.2, 0) is 10.0 Å². The monoisotopic (exact) mass is 562 g/mol. The van der Waals surface area contributed by atoms with Gasteiger partial charge in [-0.2, -0.15) is 0 Å². The van der Waals surface area contributed by atoms with E-state index in [2.05, 4.69) is 20.7 Å². The SMILES string of the molecule is Cc1ccc(S(=O)(=O)NC(=O)N[C@H](c2ccccc2)[C@@H](NC(=O)Nc2cccc(Cl)c2)c2ccccc2)cc1. The van der Waals surface area contributed by atoms with E-state index in [4.69, 9.17) is 11.6 Å². The lowest BCUT2D eigenvalue weighted by Gasteiger charge is -2.30. The number of halogens is 1. The van der Waals surface area contributed by atoms with Crippen LogP contribution in [0.4, 0.5) is 15.3 Å². The van der Waals surface area contributed by atoms with Crippen molar-refractivity contribution in [2.75, 3.05) is 5.32 Å². The second kappa shape index (κ2) is 12.5. The number of rotatable bonds is 8. The highest BCUT2D eigenvalue weighted by Gasteiger charge is 2.29. The summed E-state index contributed by atoms with van der Waals surface area (Å²) in [7, 11) is -4.14. The van der Waals surface area contributed by atoms with Crippen molar-refractivity contribution in [3.05, 3.63) is 131 Å². The summed E-state index contributed by atoms with van der Waals surface area (Å²) in [6.45, 7) is 1.83. The molecule has 4 rings (SSSR count). The molecule has 0 bridgehead atoms. The average molecular weight is 563 g/mol. The second-order valence-electron chi connectivity index (χ2n) is 8.78. The van der Waals surface area contributed by atoms with Crippen molar-refractivity contribution in [1.29, 1.82) is 0 Å². The smallest absolute Gasteiger partial charge is 0.329 e. The topological polar surface area (TPSA) is 116 Å². The molecule has 0 aliphatic carbocycles. The van der Waals surface area contributed by atoms with Crippen LogP contribution in [0.15, 0.2) is 114 Å². The summed E-state index contributed by atoms with van der Waals surface area (Å²) in [6.07, 6.45) is 0. The fourth-order valence-electron chi connectivity index (χ4n) is 3.98. The van der Waals surface area contributed by atoms with Crippen LogP contribution < -0.4 is 20.7 Å². The molecule has 0 heterocycles. The Kier molecular flexibility index (Phi) is 8.85. The standard InChI is InChI=1S/C29H27ClN4O4S/c1-20-15-17-25(18-16-20)39(37,38)34-29(36)33-27(22-11-6-3-7-12-22)26(21-9-4-2-5-10-21)32-28(35)31-24-14-8-13-23(30)19-24/h2-19,26-27H,1H3,(H2,31,32,35)(H2,33,34,36)/t26-,27+/m0/s1. The maximum absolute atomic E-state index is 13.1. The number of carbonyl (C=O) groups excluding carboxylic acids is 2. The molecule has 0 spiro atoms. The number of aryl methyl sites for hydroxylation is 1. The van der Waals surface area contributed by atoms with Crippen molar-refractivity contribution >= 4 is 39.4 Å². The molecule has 10 heteroatoms.